The summed E-state index contributed by atoms with van der Waals surface area (Å²) >= 11 is 0. The lowest BCUT2D eigenvalue weighted by Crippen LogP contribution is -2.43. The molecule has 2 saturated heterocycles. The molecule has 3 nitrogen and oxygen atoms in total. The lowest BCUT2D eigenvalue weighted by Gasteiger charge is -2.30. The van der Waals surface area contributed by atoms with Crippen molar-refractivity contribution >= 4 is 5.69 Å². The lowest BCUT2D eigenvalue weighted by atomic mass is 9.96. The Morgan fingerprint density at radius 2 is 1.94 bits per heavy atom. The largest absolute Gasteiger partial charge is 0.369 e. The number of rotatable bonds is 1. The monoisotopic (exact) mass is 243 g/mol. The van der Waals surface area contributed by atoms with Gasteiger partial charge in [-0.3, -0.25) is 0 Å². The highest BCUT2D eigenvalue weighted by Crippen LogP contribution is 2.45. The van der Waals surface area contributed by atoms with E-state index in [9.17, 15) is 0 Å². The van der Waals surface area contributed by atoms with Crippen LogP contribution >= 0.6 is 0 Å². The standard InChI is InChI=1S/C15H21N3/c1-2-13-14(11-3-4-17-15(13)9-11)10-12(1)18-7-5-16-6-8-18/h1-2,10-11,15-17H,3-9H2/t11-,15+/m1/s1. The Morgan fingerprint density at radius 1 is 1.06 bits per heavy atom. The van der Waals surface area contributed by atoms with Gasteiger partial charge in [-0.2, -0.15) is 0 Å². The molecule has 2 bridgehead atoms. The van der Waals surface area contributed by atoms with Crippen molar-refractivity contribution < 1.29 is 0 Å². The number of nitrogens with one attached hydrogen (secondary N) is 2. The van der Waals surface area contributed by atoms with Crippen molar-refractivity contribution in [3.63, 3.8) is 0 Å². The van der Waals surface area contributed by atoms with Crippen LogP contribution in [0.25, 0.3) is 0 Å². The molecule has 1 aromatic carbocycles. The second kappa shape index (κ2) is 4.25. The van der Waals surface area contributed by atoms with Gasteiger partial charge in [0.2, 0.25) is 0 Å². The van der Waals surface area contributed by atoms with Crippen LogP contribution in [-0.4, -0.2) is 32.7 Å². The number of fused-ring (bicyclic) bond motifs is 5. The Labute approximate surface area is 109 Å². The first-order chi connectivity index (χ1) is 8.92. The lowest BCUT2D eigenvalue weighted by molar-refractivity contribution is 0.410. The zero-order valence-corrected chi connectivity index (χ0v) is 10.8. The van der Waals surface area contributed by atoms with E-state index in [1.807, 2.05) is 0 Å². The van der Waals surface area contributed by atoms with Gasteiger partial charge in [0.25, 0.3) is 0 Å². The van der Waals surface area contributed by atoms with Crippen LogP contribution in [0.4, 0.5) is 5.69 Å². The Balaban J connectivity index is 1.67. The molecular weight excluding hydrogens is 222 g/mol. The molecule has 3 aliphatic rings. The third-order valence-corrected chi connectivity index (χ3v) is 4.77. The zero-order valence-electron chi connectivity index (χ0n) is 10.8. The average Bonchev–Trinajstić information content (AvgIpc) is 2.71. The summed E-state index contributed by atoms with van der Waals surface area (Å²) in [6.45, 7) is 5.71. The van der Waals surface area contributed by atoms with Crippen LogP contribution in [-0.2, 0) is 0 Å². The third-order valence-electron chi connectivity index (χ3n) is 4.77. The van der Waals surface area contributed by atoms with E-state index in [-0.39, 0.29) is 0 Å². The average molecular weight is 243 g/mol. The van der Waals surface area contributed by atoms with E-state index >= 15 is 0 Å². The molecule has 0 spiro atoms. The molecule has 0 radical (unpaired) electrons. The van der Waals surface area contributed by atoms with E-state index in [1.54, 1.807) is 11.1 Å². The van der Waals surface area contributed by atoms with E-state index in [0.717, 1.165) is 32.1 Å². The van der Waals surface area contributed by atoms with Crippen molar-refractivity contribution in [1.29, 1.82) is 0 Å². The SMILES string of the molecule is c1cc2c(cc1N1CCNCC1)[C@@H]1CCN[C@H]2C1. The smallest absolute Gasteiger partial charge is 0.0370 e. The molecule has 2 fully saturated rings. The number of hydrogen-bond donors (Lipinski definition) is 2. The predicted molar refractivity (Wildman–Crippen MR) is 74.2 cm³/mol. The summed E-state index contributed by atoms with van der Waals surface area (Å²) in [6, 6.07) is 7.80. The van der Waals surface area contributed by atoms with Gasteiger partial charge < -0.3 is 15.5 Å². The van der Waals surface area contributed by atoms with Crippen LogP contribution in [0.2, 0.25) is 0 Å². The first-order valence-corrected chi connectivity index (χ1v) is 7.25. The topological polar surface area (TPSA) is 27.3 Å². The Hall–Kier alpha value is -1.06. The van der Waals surface area contributed by atoms with Gasteiger partial charge in [-0.25, -0.2) is 0 Å². The number of piperazine rings is 1. The minimum atomic E-state index is 0.635. The molecule has 4 rings (SSSR count). The van der Waals surface area contributed by atoms with E-state index in [4.69, 9.17) is 0 Å². The summed E-state index contributed by atoms with van der Waals surface area (Å²) in [5, 5.41) is 7.06. The summed E-state index contributed by atoms with van der Waals surface area (Å²) in [5.41, 5.74) is 4.63. The van der Waals surface area contributed by atoms with Crippen molar-refractivity contribution in [1.82, 2.24) is 10.6 Å². The number of nitrogens with zero attached hydrogens (tertiary/aromatic N) is 1. The van der Waals surface area contributed by atoms with E-state index < -0.39 is 0 Å². The molecule has 2 aliphatic heterocycles. The fourth-order valence-corrected chi connectivity index (χ4v) is 3.79. The molecule has 0 saturated carbocycles. The number of anilines is 1. The van der Waals surface area contributed by atoms with Crippen molar-refractivity contribution in [3.05, 3.63) is 29.3 Å². The summed E-state index contributed by atoms with van der Waals surface area (Å²) < 4.78 is 0. The van der Waals surface area contributed by atoms with Crippen molar-refractivity contribution in [2.45, 2.75) is 24.8 Å². The Kier molecular flexibility index (Phi) is 2.55. The second-order valence-electron chi connectivity index (χ2n) is 5.78. The van der Waals surface area contributed by atoms with Crippen LogP contribution in [0, 0.1) is 0 Å². The summed E-state index contributed by atoms with van der Waals surface area (Å²) in [6.07, 6.45) is 2.63. The zero-order chi connectivity index (χ0) is 11.9. The molecule has 0 amide bonds. The maximum Gasteiger partial charge on any atom is 0.0370 e. The molecular formula is C15H21N3. The normalized spacial score (nSPS) is 30.3. The number of piperidine rings is 1. The summed E-state index contributed by atoms with van der Waals surface area (Å²) in [4.78, 5) is 2.52. The highest BCUT2D eigenvalue weighted by Gasteiger charge is 2.34. The molecule has 96 valence electrons. The molecule has 2 atom stereocenters. The molecule has 3 heteroatoms. The van der Waals surface area contributed by atoms with Crippen LogP contribution in [0.3, 0.4) is 0 Å². The van der Waals surface area contributed by atoms with Gasteiger partial charge in [-0.1, -0.05) is 6.07 Å². The maximum atomic E-state index is 3.64. The van der Waals surface area contributed by atoms with Gasteiger partial charge in [-0.05, 0) is 48.6 Å². The van der Waals surface area contributed by atoms with Gasteiger partial charge in [0.1, 0.15) is 0 Å². The van der Waals surface area contributed by atoms with Crippen LogP contribution in [0.5, 0.6) is 0 Å². The minimum Gasteiger partial charge on any atom is -0.369 e. The summed E-state index contributed by atoms with van der Waals surface area (Å²) in [7, 11) is 0. The van der Waals surface area contributed by atoms with Crippen molar-refractivity contribution in [2.75, 3.05) is 37.6 Å². The van der Waals surface area contributed by atoms with Crippen LogP contribution in [0.1, 0.15) is 35.9 Å². The maximum absolute atomic E-state index is 3.64. The van der Waals surface area contributed by atoms with Crippen LogP contribution in [0.15, 0.2) is 18.2 Å². The second-order valence-corrected chi connectivity index (χ2v) is 5.78. The minimum absolute atomic E-state index is 0.635. The molecule has 1 aliphatic carbocycles. The molecule has 2 heterocycles. The van der Waals surface area contributed by atoms with E-state index in [1.165, 1.54) is 25.1 Å². The quantitative estimate of drug-likeness (QED) is 0.785. The predicted octanol–water partition coefficient (Wildman–Crippen LogP) is 1.62. The van der Waals surface area contributed by atoms with E-state index in [0.29, 0.717) is 6.04 Å². The highest BCUT2D eigenvalue weighted by atomic mass is 15.2. The first-order valence-electron chi connectivity index (χ1n) is 7.25. The molecule has 0 unspecified atom stereocenters. The van der Waals surface area contributed by atoms with Crippen LogP contribution < -0.4 is 15.5 Å². The Bertz CT molecular complexity index is 451. The van der Waals surface area contributed by atoms with Gasteiger partial charge in [0.05, 0.1) is 0 Å². The first kappa shape index (κ1) is 10.8. The van der Waals surface area contributed by atoms with Crippen molar-refractivity contribution in [3.8, 4) is 0 Å². The molecule has 0 aromatic heterocycles. The molecule has 1 aromatic rings. The fraction of sp³-hybridized carbons (Fsp3) is 0.600. The van der Waals surface area contributed by atoms with Gasteiger partial charge in [0, 0.05) is 37.9 Å². The van der Waals surface area contributed by atoms with Gasteiger partial charge in [-0.15, -0.1) is 0 Å². The highest BCUT2D eigenvalue weighted by molar-refractivity contribution is 5.55. The van der Waals surface area contributed by atoms with Crippen molar-refractivity contribution in [2.24, 2.45) is 0 Å². The fourth-order valence-electron chi connectivity index (χ4n) is 3.79. The molecule has 2 N–H and O–H groups in total. The number of hydrogen-bond acceptors (Lipinski definition) is 3. The number of benzene rings is 1. The summed E-state index contributed by atoms with van der Waals surface area (Å²) in [5.74, 6) is 0.814. The van der Waals surface area contributed by atoms with Gasteiger partial charge >= 0.3 is 0 Å². The molecule has 18 heavy (non-hydrogen) atoms. The van der Waals surface area contributed by atoms with Gasteiger partial charge in [0.15, 0.2) is 0 Å². The third kappa shape index (κ3) is 1.65. The Morgan fingerprint density at radius 3 is 2.83 bits per heavy atom. The van der Waals surface area contributed by atoms with E-state index in [2.05, 4.69) is 33.7 Å².